The summed E-state index contributed by atoms with van der Waals surface area (Å²) in [4.78, 5) is 0. The Morgan fingerprint density at radius 2 is 1.00 bits per heavy atom. The molecule has 0 aromatic rings. The predicted molar refractivity (Wildman–Crippen MR) is 75.7 cm³/mol. The van der Waals surface area contributed by atoms with Gasteiger partial charge in [-0.1, -0.05) is 55.4 Å². The molecule has 0 fully saturated rings. The predicted octanol–water partition coefficient (Wildman–Crippen LogP) is 3.41. The highest BCUT2D eigenvalue weighted by atomic mass is 14.9. The number of hydrogen-bond donors (Lipinski definition) is 2. The Labute approximate surface area is 103 Å². The van der Waals surface area contributed by atoms with E-state index in [0.717, 1.165) is 0 Å². The number of nitrogens with one attached hydrogen (secondary N) is 1. The minimum atomic E-state index is 0.000000000000000222. The van der Waals surface area contributed by atoms with Crippen LogP contribution in [0.2, 0.25) is 0 Å². The fourth-order valence-corrected chi connectivity index (χ4v) is 1.33. The Morgan fingerprint density at radius 1 is 0.750 bits per heavy atom. The molecule has 0 heterocycles. The molecular weight excluding hydrogens is 196 g/mol. The average Bonchev–Trinajstić information content (AvgIpc) is 2.01. The van der Waals surface area contributed by atoms with Crippen molar-refractivity contribution in [3.8, 4) is 0 Å². The molecule has 0 unspecified atom stereocenters. The van der Waals surface area contributed by atoms with Gasteiger partial charge in [0.15, 0.2) is 0 Å². The molecule has 0 aliphatic heterocycles. The number of nitrogens with two attached hydrogens (primary N) is 1. The molecule has 0 radical (unpaired) electrons. The topological polar surface area (TPSA) is 38.0 Å². The van der Waals surface area contributed by atoms with Gasteiger partial charge in [-0.3, -0.25) is 0 Å². The summed E-state index contributed by atoms with van der Waals surface area (Å²) >= 11 is 0. The Kier molecular flexibility index (Phi) is 9.23. The van der Waals surface area contributed by atoms with Crippen LogP contribution in [0.1, 0.15) is 62.3 Å². The molecule has 0 rings (SSSR count). The van der Waals surface area contributed by atoms with Crippen LogP contribution in [0, 0.1) is 11.8 Å². The summed E-state index contributed by atoms with van der Waals surface area (Å²) in [6.45, 7) is 19.4. The van der Waals surface area contributed by atoms with Crippen molar-refractivity contribution in [3.05, 3.63) is 0 Å². The average molecular weight is 230 g/mol. The van der Waals surface area contributed by atoms with Gasteiger partial charge in [-0.2, -0.15) is 0 Å². The van der Waals surface area contributed by atoms with Crippen LogP contribution in [0.3, 0.4) is 0 Å². The van der Waals surface area contributed by atoms with Crippen LogP contribution in [-0.2, 0) is 0 Å². The van der Waals surface area contributed by atoms with Gasteiger partial charge < -0.3 is 11.1 Å². The zero-order chi connectivity index (χ0) is 13.5. The standard InChI is InChI=1S/C8H19N.C6H15N/c1-6(2)8(5,9)7(3)4;1-5(2)7-6(3)4/h6-7H,9H2,1-5H3;5-7H,1-4H3. The maximum absolute atomic E-state index is 6.00. The fourth-order valence-electron chi connectivity index (χ4n) is 1.33. The Morgan fingerprint density at radius 3 is 1.00 bits per heavy atom. The molecule has 3 N–H and O–H groups in total. The first-order chi connectivity index (χ1) is 7.01. The lowest BCUT2D eigenvalue weighted by Crippen LogP contribution is -2.46. The van der Waals surface area contributed by atoms with Crippen LogP contribution < -0.4 is 11.1 Å². The lowest BCUT2D eigenvalue weighted by Gasteiger charge is -2.33. The summed E-state index contributed by atoms with van der Waals surface area (Å²) in [7, 11) is 0. The van der Waals surface area contributed by atoms with Crippen LogP contribution in [0.25, 0.3) is 0 Å². The molecule has 0 aromatic heterocycles. The quantitative estimate of drug-likeness (QED) is 0.777. The SMILES string of the molecule is CC(C)C(C)(N)C(C)C.CC(C)NC(C)C. The van der Waals surface area contributed by atoms with Gasteiger partial charge in [0, 0.05) is 17.6 Å². The van der Waals surface area contributed by atoms with Gasteiger partial charge in [0.1, 0.15) is 0 Å². The first kappa shape index (κ1) is 18.3. The van der Waals surface area contributed by atoms with E-state index < -0.39 is 0 Å². The van der Waals surface area contributed by atoms with Crippen molar-refractivity contribution < 1.29 is 0 Å². The van der Waals surface area contributed by atoms with Crippen molar-refractivity contribution in [2.45, 2.75) is 79.9 Å². The number of hydrogen-bond acceptors (Lipinski definition) is 2. The zero-order valence-electron chi connectivity index (χ0n) is 12.9. The van der Waals surface area contributed by atoms with Gasteiger partial charge in [-0.25, -0.2) is 0 Å². The molecule has 0 amide bonds. The minimum absolute atomic E-state index is 0.000000000000000222. The Hall–Kier alpha value is -0.0800. The van der Waals surface area contributed by atoms with Crippen molar-refractivity contribution >= 4 is 0 Å². The van der Waals surface area contributed by atoms with Gasteiger partial charge in [-0.15, -0.1) is 0 Å². The second kappa shape index (κ2) is 8.08. The van der Waals surface area contributed by atoms with E-state index in [1.165, 1.54) is 0 Å². The third-order valence-electron chi connectivity index (χ3n) is 3.15. The molecule has 0 atom stereocenters. The summed E-state index contributed by atoms with van der Waals surface area (Å²) in [5, 5.41) is 3.31. The lowest BCUT2D eigenvalue weighted by atomic mass is 9.80. The summed E-state index contributed by atoms with van der Waals surface area (Å²) < 4.78 is 0. The van der Waals surface area contributed by atoms with Gasteiger partial charge in [0.2, 0.25) is 0 Å². The van der Waals surface area contributed by atoms with Crippen LogP contribution in [0.5, 0.6) is 0 Å². The fraction of sp³-hybridized carbons (Fsp3) is 1.00. The maximum atomic E-state index is 6.00. The molecule has 0 saturated carbocycles. The Bertz CT molecular complexity index is 142. The molecule has 100 valence electrons. The van der Waals surface area contributed by atoms with E-state index in [9.17, 15) is 0 Å². The summed E-state index contributed by atoms with van der Waals surface area (Å²) in [5.74, 6) is 1.13. The van der Waals surface area contributed by atoms with Gasteiger partial charge in [0.25, 0.3) is 0 Å². The molecule has 0 saturated heterocycles. The second-order valence-electron chi connectivity index (χ2n) is 6.15. The van der Waals surface area contributed by atoms with Crippen LogP contribution >= 0.6 is 0 Å². The van der Waals surface area contributed by atoms with Crippen molar-refractivity contribution in [3.63, 3.8) is 0 Å². The first-order valence-electron chi connectivity index (χ1n) is 6.56. The molecule has 16 heavy (non-hydrogen) atoms. The molecular formula is C14H34N2. The van der Waals surface area contributed by atoms with E-state index in [0.29, 0.717) is 23.9 Å². The molecule has 0 aliphatic carbocycles. The van der Waals surface area contributed by atoms with Crippen molar-refractivity contribution in [2.24, 2.45) is 17.6 Å². The molecule has 0 aliphatic rings. The van der Waals surface area contributed by atoms with E-state index in [4.69, 9.17) is 5.73 Å². The molecule has 0 aromatic carbocycles. The van der Waals surface area contributed by atoms with Gasteiger partial charge >= 0.3 is 0 Å². The highest BCUT2D eigenvalue weighted by Gasteiger charge is 2.26. The number of rotatable bonds is 4. The molecule has 2 nitrogen and oxygen atoms in total. The monoisotopic (exact) mass is 230 g/mol. The van der Waals surface area contributed by atoms with E-state index in [-0.39, 0.29) is 5.54 Å². The van der Waals surface area contributed by atoms with Crippen molar-refractivity contribution in [1.82, 2.24) is 5.32 Å². The van der Waals surface area contributed by atoms with E-state index in [2.05, 4.69) is 67.6 Å². The zero-order valence-corrected chi connectivity index (χ0v) is 12.9. The maximum Gasteiger partial charge on any atom is 0.0172 e. The summed E-state index contributed by atoms with van der Waals surface area (Å²) in [5.41, 5.74) is 6.00. The highest BCUT2D eigenvalue weighted by molar-refractivity contribution is 4.84. The third kappa shape index (κ3) is 9.17. The third-order valence-corrected chi connectivity index (χ3v) is 3.15. The molecule has 0 spiro atoms. The highest BCUT2D eigenvalue weighted by Crippen LogP contribution is 2.21. The normalized spacial score (nSPS) is 12.4. The van der Waals surface area contributed by atoms with E-state index in [1.54, 1.807) is 0 Å². The molecule has 0 bridgehead atoms. The van der Waals surface area contributed by atoms with E-state index in [1.807, 2.05) is 0 Å². The van der Waals surface area contributed by atoms with Gasteiger partial charge in [-0.05, 0) is 18.8 Å². The van der Waals surface area contributed by atoms with Crippen LogP contribution in [0.15, 0.2) is 0 Å². The first-order valence-corrected chi connectivity index (χ1v) is 6.56. The largest absolute Gasteiger partial charge is 0.325 e. The van der Waals surface area contributed by atoms with Crippen LogP contribution in [0.4, 0.5) is 0 Å². The Balaban J connectivity index is 0. The second-order valence-corrected chi connectivity index (χ2v) is 6.15. The van der Waals surface area contributed by atoms with Crippen LogP contribution in [-0.4, -0.2) is 17.6 Å². The van der Waals surface area contributed by atoms with E-state index >= 15 is 0 Å². The van der Waals surface area contributed by atoms with Gasteiger partial charge in [0.05, 0.1) is 0 Å². The molecule has 2 heteroatoms. The lowest BCUT2D eigenvalue weighted by molar-refractivity contribution is 0.250. The van der Waals surface area contributed by atoms with Crippen molar-refractivity contribution in [2.75, 3.05) is 0 Å². The smallest absolute Gasteiger partial charge is 0.0172 e. The summed E-state index contributed by atoms with van der Waals surface area (Å²) in [6.07, 6.45) is 0. The minimum Gasteiger partial charge on any atom is -0.325 e. The summed E-state index contributed by atoms with van der Waals surface area (Å²) in [6, 6.07) is 1.25. The van der Waals surface area contributed by atoms with Crippen molar-refractivity contribution in [1.29, 1.82) is 0 Å².